The van der Waals surface area contributed by atoms with Crippen molar-refractivity contribution in [1.29, 1.82) is 0 Å². The maximum atomic E-state index is 11.9. The zero-order valence-corrected chi connectivity index (χ0v) is 12.4. The van der Waals surface area contributed by atoms with Gasteiger partial charge in [-0.05, 0) is 30.1 Å². The molecule has 2 nitrogen and oxygen atoms in total. The molecule has 0 spiro atoms. The van der Waals surface area contributed by atoms with Crippen LogP contribution < -0.4 is 0 Å². The van der Waals surface area contributed by atoms with Gasteiger partial charge in [0, 0.05) is 19.0 Å². The number of amides is 1. The zero-order chi connectivity index (χ0) is 13.2. The molecule has 0 bridgehead atoms. The van der Waals surface area contributed by atoms with Crippen molar-refractivity contribution in [3.05, 3.63) is 0 Å². The average Bonchev–Trinajstić information content (AvgIpc) is 2.26. The van der Waals surface area contributed by atoms with E-state index in [1.165, 1.54) is 12.8 Å². The first-order valence-electron chi connectivity index (χ1n) is 7.02. The van der Waals surface area contributed by atoms with Gasteiger partial charge < -0.3 is 4.90 Å². The van der Waals surface area contributed by atoms with Gasteiger partial charge in [-0.25, -0.2) is 0 Å². The van der Waals surface area contributed by atoms with Gasteiger partial charge in [-0.1, -0.05) is 41.5 Å². The van der Waals surface area contributed by atoms with E-state index in [2.05, 4.69) is 32.6 Å². The second-order valence-corrected chi connectivity index (χ2v) is 6.97. The highest BCUT2D eigenvalue weighted by atomic mass is 16.2. The van der Waals surface area contributed by atoms with Crippen LogP contribution in [0.1, 0.15) is 54.4 Å². The van der Waals surface area contributed by atoms with Crippen LogP contribution in [-0.4, -0.2) is 23.9 Å². The van der Waals surface area contributed by atoms with Crippen molar-refractivity contribution < 1.29 is 4.79 Å². The molecule has 0 unspecified atom stereocenters. The van der Waals surface area contributed by atoms with Crippen LogP contribution in [0.25, 0.3) is 0 Å². The third-order valence-electron chi connectivity index (χ3n) is 4.42. The minimum absolute atomic E-state index is 0.145. The van der Waals surface area contributed by atoms with Gasteiger partial charge in [-0.15, -0.1) is 0 Å². The van der Waals surface area contributed by atoms with Crippen molar-refractivity contribution in [3.8, 4) is 0 Å². The van der Waals surface area contributed by atoms with Crippen LogP contribution in [0.4, 0.5) is 0 Å². The third kappa shape index (κ3) is 3.72. The number of rotatable bonds is 2. The predicted octanol–water partition coefficient (Wildman–Crippen LogP) is 3.56. The number of hydrogen-bond donors (Lipinski definition) is 0. The molecule has 100 valence electrons. The Kier molecular flexibility index (Phi) is 4.62. The lowest BCUT2D eigenvalue weighted by atomic mass is 9.71. The van der Waals surface area contributed by atoms with E-state index in [0.717, 1.165) is 24.9 Å². The van der Waals surface area contributed by atoms with Crippen LogP contribution in [0.5, 0.6) is 0 Å². The molecular weight excluding hydrogens is 210 g/mol. The Labute approximate surface area is 107 Å². The number of likely N-dealkylation sites (tertiary alicyclic amines) is 1. The second-order valence-electron chi connectivity index (χ2n) is 6.97. The van der Waals surface area contributed by atoms with Crippen molar-refractivity contribution in [2.24, 2.45) is 23.2 Å². The summed E-state index contributed by atoms with van der Waals surface area (Å²) in [7, 11) is 0. The molecule has 0 aromatic heterocycles. The van der Waals surface area contributed by atoms with Crippen molar-refractivity contribution in [3.63, 3.8) is 0 Å². The Bertz CT molecular complexity index is 257. The minimum atomic E-state index is 0.145. The molecule has 17 heavy (non-hydrogen) atoms. The van der Waals surface area contributed by atoms with Gasteiger partial charge in [-0.3, -0.25) is 4.79 Å². The fourth-order valence-electron chi connectivity index (χ4n) is 2.69. The van der Waals surface area contributed by atoms with E-state index >= 15 is 0 Å². The van der Waals surface area contributed by atoms with E-state index in [1.807, 2.05) is 13.8 Å². The maximum Gasteiger partial charge on any atom is 0.225 e. The SMILES string of the molecule is CC(C)C(=O)N1CCC([C@@H](C)C(C)(C)C)CC1. The van der Waals surface area contributed by atoms with E-state index in [1.54, 1.807) is 0 Å². The molecule has 0 N–H and O–H groups in total. The molecule has 0 aliphatic carbocycles. The van der Waals surface area contributed by atoms with Gasteiger partial charge >= 0.3 is 0 Å². The molecular formula is C15H29NO. The van der Waals surface area contributed by atoms with E-state index in [9.17, 15) is 4.79 Å². The van der Waals surface area contributed by atoms with Crippen LogP contribution in [0.2, 0.25) is 0 Å². The Hall–Kier alpha value is -0.530. The first kappa shape index (κ1) is 14.5. The van der Waals surface area contributed by atoms with E-state index in [0.29, 0.717) is 11.3 Å². The molecule has 1 aliphatic heterocycles. The number of carbonyl (C=O) groups is 1. The predicted molar refractivity (Wildman–Crippen MR) is 72.8 cm³/mol. The number of hydrogen-bond acceptors (Lipinski definition) is 1. The lowest BCUT2D eigenvalue weighted by Crippen LogP contribution is -2.43. The Balaban J connectivity index is 2.49. The lowest BCUT2D eigenvalue weighted by Gasteiger charge is -2.40. The molecule has 2 heteroatoms. The van der Waals surface area contributed by atoms with Gasteiger partial charge in [0.05, 0.1) is 0 Å². The summed E-state index contributed by atoms with van der Waals surface area (Å²) < 4.78 is 0. The molecule has 1 heterocycles. The minimum Gasteiger partial charge on any atom is -0.342 e. The first-order valence-corrected chi connectivity index (χ1v) is 7.02. The van der Waals surface area contributed by atoms with Crippen LogP contribution in [0.3, 0.4) is 0 Å². The molecule has 1 saturated heterocycles. The monoisotopic (exact) mass is 239 g/mol. The standard InChI is InChI=1S/C15H29NO/c1-11(2)14(17)16-9-7-13(8-10-16)12(3)15(4,5)6/h11-13H,7-10H2,1-6H3/t12-/m1/s1. The smallest absolute Gasteiger partial charge is 0.225 e. The fraction of sp³-hybridized carbons (Fsp3) is 0.933. The molecule has 1 amide bonds. The molecule has 1 fully saturated rings. The van der Waals surface area contributed by atoms with Gasteiger partial charge in [0.15, 0.2) is 0 Å². The van der Waals surface area contributed by atoms with Crippen molar-refractivity contribution in [2.45, 2.75) is 54.4 Å². The largest absolute Gasteiger partial charge is 0.342 e. The summed E-state index contributed by atoms with van der Waals surface area (Å²) in [5.74, 6) is 1.99. The molecule has 1 aliphatic rings. The summed E-state index contributed by atoms with van der Waals surface area (Å²) in [4.78, 5) is 13.9. The maximum absolute atomic E-state index is 11.9. The van der Waals surface area contributed by atoms with Crippen LogP contribution in [0.15, 0.2) is 0 Å². The van der Waals surface area contributed by atoms with E-state index in [4.69, 9.17) is 0 Å². The normalized spacial score (nSPS) is 20.8. The quantitative estimate of drug-likeness (QED) is 0.721. The van der Waals surface area contributed by atoms with Crippen molar-refractivity contribution in [2.75, 3.05) is 13.1 Å². The highest BCUT2D eigenvalue weighted by Crippen LogP contribution is 2.37. The second kappa shape index (κ2) is 5.41. The van der Waals surface area contributed by atoms with Gasteiger partial charge in [0.25, 0.3) is 0 Å². The van der Waals surface area contributed by atoms with Crippen LogP contribution in [0, 0.1) is 23.2 Å². The fourth-order valence-corrected chi connectivity index (χ4v) is 2.69. The first-order chi connectivity index (χ1) is 7.73. The van der Waals surface area contributed by atoms with Crippen molar-refractivity contribution in [1.82, 2.24) is 4.90 Å². The van der Waals surface area contributed by atoms with Crippen molar-refractivity contribution >= 4 is 5.91 Å². The topological polar surface area (TPSA) is 20.3 Å². The molecule has 1 atom stereocenters. The van der Waals surface area contributed by atoms with Crippen LogP contribution in [-0.2, 0) is 4.79 Å². The molecule has 0 radical (unpaired) electrons. The molecule has 0 saturated carbocycles. The number of carbonyl (C=O) groups excluding carboxylic acids is 1. The summed E-state index contributed by atoms with van der Waals surface area (Å²) in [6.07, 6.45) is 2.35. The molecule has 0 aromatic rings. The Morgan fingerprint density at radius 3 is 1.94 bits per heavy atom. The summed E-state index contributed by atoms with van der Waals surface area (Å²) in [6.45, 7) is 15.2. The average molecular weight is 239 g/mol. The summed E-state index contributed by atoms with van der Waals surface area (Å²) in [5.41, 5.74) is 0.384. The van der Waals surface area contributed by atoms with Gasteiger partial charge in [-0.2, -0.15) is 0 Å². The number of nitrogens with zero attached hydrogens (tertiary/aromatic N) is 1. The number of piperidine rings is 1. The van der Waals surface area contributed by atoms with E-state index < -0.39 is 0 Å². The Morgan fingerprint density at radius 1 is 1.12 bits per heavy atom. The van der Waals surface area contributed by atoms with Gasteiger partial charge in [0.1, 0.15) is 0 Å². The molecule has 1 rings (SSSR count). The Morgan fingerprint density at radius 2 is 1.59 bits per heavy atom. The summed E-state index contributed by atoms with van der Waals surface area (Å²) in [6, 6.07) is 0. The van der Waals surface area contributed by atoms with Crippen LogP contribution >= 0.6 is 0 Å². The molecule has 0 aromatic carbocycles. The van der Waals surface area contributed by atoms with E-state index in [-0.39, 0.29) is 5.92 Å². The zero-order valence-electron chi connectivity index (χ0n) is 12.4. The lowest BCUT2D eigenvalue weighted by molar-refractivity contribution is -0.136. The highest BCUT2D eigenvalue weighted by Gasteiger charge is 2.32. The van der Waals surface area contributed by atoms with Gasteiger partial charge in [0.2, 0.25) is 5.91 Å². The highest BCUT2D eigenvalue weighted by molar-refractivity contribution is 5.78. The summed E-state index contributed by atoms with van der Waals surface area (Å²) in [5, 5.41) is 0. The summed E-state index contributed by atoms with van der Waals surface area (Å²) >= 11 is 0. The third-order valence-corrected chi connectivity index (χ3v) is 4.42.